The van der Waals surface area contributed by atoms with Gasteiger partial charge in [-0.1, -0.05) is 46.2 Å². The van der Waals surface area contributed by atoms with Gasteiger partial charge in [-0.25, -0.2) is 4.79 Å². The van der Waals surface area contributed by atoms with Gasteiger partial charge in [-0.3, -0.25) is 0 Å². The minimum Gasteiger partial charge on any atom is -0.475 e. The van der Waals surface area contributed by atoms with Crippen molar-refractivity contribution in [1.82, 2.24) is 0 Å². The zero-order valence-electron chi connectivity index (χ0n) is 12.8. The van der Waals surface area contributed by atoms with Crippen LogP contribution in [0, 0.1) is 6.92 Å². The number of furan rings is 1. The maximum atomic E-state index is 11.4. The van der Waals surface area contributed by atoms with Crippen LogP contribution in [-0.4, -0.2) is 11.1 Å². The third kappa shape index (κ3) is 2.33. The van der Waals surface area contributed by atoms with E-state index >= 15 is 0 Å². The van der Waals surface area contributed by atoms with Gasteiger partial charge in [0.25, 0.3) is 0 Å². The largest absolute Gasteiger partial charge is 0.475 e. The van der Waals surface area contributed by atoms with E-state index in [1.807, 2.05) is 19.9 Å². The molecule has 2 rings (SSSR count). The normalized spacial score (nSPS) is 12.1. The zero-order valence-corrected chi connectivity index (χ0v) is 12.8. The van der Waals surface area contributed by atoms with Crippen molar-refractivity contribution in [2.75, 3.05) is 0 Å². The molecule has 3 heteroatoms. The molecular formula is C17H22O3. The second kappa shape index (κ2) is 4.97. The maximum absolute atomic E-state index is 11.4. The quantitative estimate of drug-likeness (QED) is 0.883. The van der Waals surface area contributed by atoms with Crippen molar-refractivity contribution in [3.63, 3.8) is 0 Å². The molecule has 0 aliphatic carbocycles. The lowest BCUT2D eigenvalue weighted by molar-refractivity contribution is 0.0663. The Balaban J connectivity index is 2.88. The minimum atomic E-state index is -0.982. The fourth-order valence-corrected chi connectivity index (χ4v) is 2.69. The van der Waals surface area contributed by atoms with Crippen LogP contribution in [0.2, 0.25) is 0 Å². The highest BCUT2D eigenvalue weighted by atomic mass is 16.4. The SMILES string of the molecule is CCCc1c(C(=O)O)oc2c(C(C)(C)C)ccc(C)c12. The Labute approximate surface area is 119 Å². The minimum absolute atomic E-state index is 0.0803. The van der Waals surface area contributed by atoms with Crippen LogP contribution in [0.4, 0.5) is 0 Å². The van der Waals surface area contributed by atoms with E-state index in [2.05, 4.69) is 26.8 Å². The van der Waals surface area contributed by atoms with Gasteiger partial charge in [0, 0.05) is 16.5 Å². The van der Waals surface area contributed by atoms with Crippen molar-refractivity contribution in [2.45, 2.75) is 52.9 Å². The molecule has 0 aliphatic heterocycles. The first-order valence-corrected chi connectivity index (χ1v) is 7.06. The first-order valence-electron chi connectivity index (χ1n) is 7.06. The van der Waals surface area contributed by atoms with E-state index in [0.717, 1.165) is 40.5 Å². The lowest BCUT2D eigenvalue weighted by atomic mass is 9.84. The number of carbonyl (C=O) groups is 1. The summed E-state index contributed by atoms with van der Waals surface area (Å²) in [5, 5.41) is 10.4. The Morgan fingerprint density at radius 2 is 1.95 bits per heavy atom. The van der Waals surface area contributed by atoms with Crippen molar-refractivity contribution in [3.8, 4) is 0 Å². The van der Waals surface area contributed by atoms with Crippen LogP contribution in [0.25, 0.3) is 11.0 Å². The summed E-state index contributed by atoms with van der Waals surface area (Å²) in [4.78, 5) is 11.4. The first-order chi connectivity index (χ1) is 9.27. The number of carboxylic acids is 1. The van der Waals surface area contributed by atoms with Gasteiger partial charge in [0.1, 0.15) is 5.58 Å². The average molecular weight is 274 g/mol. The van der Waals surface area contributed by atoms with Gasteiger partial charge in [0.15, 0.2) is 0 Å². The van der Waals surface area contributed by atoms with Crippen molar-refractivity contribution < 1.29 is 14.3 Å². The number of hydrogen-bond acceptors (Lipinski definition) is 2. The number of aryl methyl sites for hydroxylation is 2. The fourth-order valence-electron chi connectivity index (χ4n) is 2.69. The number of fused-ring (bicyclic) bond motifs is 1. The topological polar surface area (TPSA) is 50.4 Å². The highest BCUT2D eigenvalue weighted by Gasteiger charge is 2.26. The molecule has 1 N–H and O–H groups in total. The number of benzene rings is 1. The molecule has 0 atom stereocenters. The van der Waals surface area contributed by atoms with Crippen LogP contribution in [0.1, 0.15) is 61.4 Å². The molecule has 0 unspecified atom stereocenters. The Morgan fingerprint density at radius 3 is 2.45 bits per heavy atom. The van der Waals surface area contributed by atoms with Gasteiger partial charge < -0.3 is 9.52 Å². The van der Waals surface area contributed by atoms with Crippen LogP contribution >= 0.6 is 0 Å². The molecule has 3 nitrogen and oxygen atoms in total. The molecule has 0 amide bonds. The molecule has 20 heavy (non-hydrogen) atoms. The summed E-state index contributed by atoms with van der Waals surface area (Å²) >= 11 is 0. The number of hydrogen-bond donors (Lipinski definition) is 1. The summed E-state index contributed by atoms with van der Waals surface area (Å²) in [5.74, 6) is -0.884. The fraction of sp³-hybridized carbons (Fsp3) is 0.471. The molecule has 1 aromatic carbocycles. The molecule has 0 saturated carbocycles. The van der Waals surface area contributed by atoms with Gasteiger partial charge >= 0.3 is 5.97 Å². The van der Waals surface area contributed by atoms with Gasteiger partial charge in [-0.2, -0.15) is 0 Å². The van der Waals surface area contributed by atoms with Gasteiger partial charge in [-0.05, 0) is 24.3 Å². The van der Waals surface area contributed by atoms with Crippen molar-refractivity contribution in [1.29, 1.82) is 0 Å². The van der Waals surface area contributed by atoms with Crippen molar-refractivity contribution in [2.24, 2.45) is 0 Å². The number of rotatable bonds is 3. The van der Waals surface area contributed by atoms with Crippen LogP contribution in [-0.2, 0) is 11.8 Å². The Morgan fingerprint density at radius 1 is 1.30 bits per heavy atom. The van der Waals surface area contributed by atoms with E-state index < -0.39 is 5.97 Å². The molecule has 1 heterocycles. The lowest BCUT2D eigenvalue weighted by Crippen LogP contribution is -2.11. The molecule has 2 aromatic rings. The molecular weight excluding hydrogens is 252 g/mol. The zero-order chi connectivity index (χ0) is 15.1. The molecule has 0 fully saturated rings. The van der Waals surface area contributed by atoms with E-state index in [4.69, 9.17) is 4.42 Å². The van der Waals surface area contributed by atoms with E-state index in [1.165, 1.54) is 0 Å². The Hall–Kier alpha value is -1.77. The highest BCUT2D eigenvalue weighted by molar-refractivity contribution is 5.97. The van der Waals surface area contributed by atoms with E-state index in [0.29, 0.717) is 0 Å². The Kier molecular flexibility index (Phi) is 3.63. The molecule has 0 bridgehead atoms. The van der Waals surface area contributed by atoms with Crippen molar-refractivity contribution >= 4 is 16.9 Å². The number of carboxylic acid groups (broad SMARTS) is 1. The summed E-state index contributed by atoms with van der Waals surface area (Å²) < 4.78 is 5.75. The van der Waals surface area contributed by atoms with Crippen LogP contribution in [0.15, 0.2) is 16.5 Å². The monoisotopic (exact) mass is 274 g/mol. The molecule has 0 spiro atoms. The predicted molar refractivity (Wildman–Crippen MR) is 80.6 cm³/mol. The van der Waals surface area contributed by atoms with Crippen LogP contribution in [0.5, 0.6) is 0 Å². The third-order valence-corrected chi connectivity index (χ3v) is 3.65. The highest BCUT2D eigenvalue weighted by Crippen LogP contribution is 2.37. The van der Waals surface area contributed by atoms with E-state index in [9.17, 15) is 9.90 Å². The van der Waals surface area contributed by atoms with Gasteiger partial charge in [0.05, 0.1) is 0 Å². The molecule has 0 radical (unpaired) electrons. The first kappa shape index (κ1) is 14.6. The molecule has 108 valence electrons. The average Bonchev–Trinajstić information content (AvgIpc) is 2.69. The van der Waals surface area contributed by atoms with Gasteiger partial charge in [0.2, 0.25) is 5.76 Å². The second-order valence-corrected chi connectivity index (χ2v) is 6.35. The van der Waals surface area contributed by atoms with Crippen LogP contribution in [0.3, 0.4) is 0 Å². The van der Waals surface area contributed by atoms with Crippen molar-refractivity contribution in [3.05, 3.63) is 34.6 Å². The maximum Gasteiger partial charge on any atom is 0.372 e. The number of aromatic carboxylic acids is 1. The Bertz CT molecular complexity index is 657. The standard InChI is InChI=1S/C17H22O3/c1-6-7-11-13-10(2)8-9-12(17(3,4)5)15(13)20-14(11)16(18)19/h8-9H,6-7H2,1-5H3,(H,18,19). The molecule has 0 aliphatic rings. The molecule has 1 aromatic heterocycles. The van der Waals surface area contributed by atoms with E-state index in [-0.39, 0.29) is 11.2 Å². The van der Waals surface area contributed by atoms with Crippen LogP contribution < -0.4 is 0 Å². The van der Waals surface area contributed by atoms with Gasteiger partial charge in [-0.15, -0.1) is 0 Å². The predicted octanol–water partition coefficient (Wildman–Crippen LogP) is 4.69. The smallest absolute Gasteiger partial charge is 0.372 e. The summed E-state index contributed by atoms with van der Waals surface area (Å²) in [5.41, 5.74) is 3.62. The van der Waals surface area contributed by atoms with E-state index in [1.54, 1.807) is 0 Å². The summed E-state index contributed by atoms with van der Waals surface area (Å²) in [6.45, 7) is 10.4. The summed E-state index contributed by atoms with van der Waals surface area (Å²) in [7, 11) is 0. The molecule has 0 saturated heterocycles. The summed E-state index contributed by atoms with van der Waals surface area (Å²) in [6.07, 6.45) is 1.62. The second-order valence-electron chi connectivity index (χ2n) is 6.35. The lowest BCUT2D eigenvalue weighted by Gasteiger charge is -2.19. The third-order valence-electron chi connectivity index (χ3n) is 3.65. The summed E-state index contributed by atoms with van der Waals surface area (Å²) in [6, 6.07) is 4.10.